The number of carbonyl (C=O) groups is 2. The molecule has 2 bridgehead atoms. The van der Waals surface area contributed by atoms with Crippen LogP contribution in [0.1, 0.15) is 33.6 Å². The number of carbonyl (C=O) groups excluding carboxylic acids is 2. The van der Waals surface area contributed by atoms with E-state index in [1.165, 1.54) is 6.92 Å². The Hall–Kier alpha value is -1.24. The Kier molecular flexibility index (Phi) is 2.95. The maximum Gasteiger partial charge on any atom is 0.302 e. The molecule has 2 heterocycles. The number of aliphatic hydroxyl groups excluding tert-OH is 1. The van der Waals surface area contributed by atoms with Gasteiger partial charge < -0.3 is 19.3 Å². The Bertz CT molecular complexity index is 621. The van der Waals surface area contributed by atoms with Crippen molar-refractivity contribution in [2.45, 2.75) is 57.5 Å². The molecule has 1 saturated carbocycles. The predicted octanol–water partition coefficient (Wildman–Crippen LogP) is 0.762. The number of Topliss-reactive ketones (excluding diaryl/α,β-unsaturated/α-hetero) is 1. The molecule has 0 amide bonds. The van der Waals surface area contributed by atoms with Crippen molar-refractivity contribution in [2.75, 3.05) is 13.2 Å². The van der Waals surface area contributed by atoms with Gasteiger partial charge in [-0.15, -0.1) is 0 Å². The highest BCUT2D eigenvalue weighted by molar-refractivity contribution is 5.96. The lowest BCUT2D eigenvalue weighted by Gasteiger charge is -2.56. The zero-order valence-electron chi connectivity index (χ0n) is 13.6. The summed E-state index contributed by atoms with van der Waals surface area (Å²) < 4.78 is 17.6. The highest BCUT2D eigenvalue weighted by atomic mass is 16.7. The van der Waals surface area contributed by atoms with E-state index in [4.69, 9.17) is 14.2 Å². The van der Waals surface area contributed by atoms with Crippen molar-refractivity contribution in [2.24, 2.45) is 10.8 Å². The van der Waals surface area contributed by atoms with E-state index in [0.29, 0.717) is 18.6 Å². The first-order chi connectivity index (χ1) is 10.8. The van der Waals surface area contributed by atoms with Crippen LogP contribution in [-0.4, -0.2) is 54.0 Å². The van der Waals surface area contributed by atoms with E-state index in [2.05, 4.69) is 0 Å². The fourth-order valence-corrected chi connectivity index (χ4v) is 5.16. The molecule has 126 valence electrons. The normalized spacial score (nSPS) is 50.5. The Labute approximate surface area is 134 Å². The lowest BCUT2D eigenvalue weighted by molar-refractivity contribution is -0.217. The van der Waals surface area contributed by atoms with Gasteiger partial charge in [-0.3, -0.25) is 9.59 Å². The van der Waals surface area contributed by atoms with Crippen molar-refractivity contribution < 1.29 is 28.9 Å². The first-order valence-electron chi connectivity index (χ1n) is 8.09. The average Bonchev–Trinajstić information content (AvgIpc) is 3.24. The summed E-state index contributed by atoms with van der Waals surface area (Å²) in [5.41, 5.74) is -1.11. The molecule has 0 aromatic carbocycles. The minimum Gasteiger partial charge on any atom is -0.460 e. The third-order valence-electron chi connectivity index (χ3n) is 6.65. The summed E-state index contributed by atoms with van der Waals surface area (Å²) in [7, 11) is 0. The minimum atomic E-state index is -0.731. The molecule has 6 atom stereocenters. The molecule has 0 aromatic rings. The third kappa shape index (κ3) is 1.64. The van der Waals surface area contributed by atoms with Crippen molar-refractivity contribution in [1.82, 2.24) is 0 Å². The molecule has 1 spiro atoms. The summed E-state index contributed by atoms with van der Waals surface area (Å²) in [5, 5.41) is 10.3. The maximum atomic E-state index is 12.4. The molecule has 4 rings (SSSR count). The smallest absolute Gasteiger partial charge is 0.302 e. The molecule has 2 aliphatic heterocycles. The number of esters is 1. The summed E-state index contributed by atoms with van der Waals surface area (Å²) >= 11 is 0. The second-order valence-corrected chi connectivity index (χ2v) is 7.60. The fraction of sp³-hybridized carbons (Fsp3) is 0.765. The number of hydrogen-bond acceptors (Lipinski definition) is 6. The zero-order valence-corrected chi connectivity index (χ0v) is 13.6. The van der Waals surface area contributed by atoms with Gasteiger partial charge >= 0.3 is 5.97 Å². The van der Waals surface area contributed by atoms with Gasteiger partial charge in [0.2, 0.25) is 0 Å². The molecule has 2 saturated heterocycles. The predicted molar refractivity (Wildman–Crippen MR) is 78.5 cm³/mol. The van der Waals surface area contributed by atoms with Crippen LogP contribution in [0.5, 0.6) is 0 Å². The topological polar surface area (TPSA) is 85.4 Å². The van der Waals surface area contributed by atoms with Crippen LogP contribution in [0.3, 0.4) is 0 Å². The molecular weight excluding hydrogens is 300 g/mol. The summed E-state index contributed by atoms with van der Waals surface area (Å²) in [4.78, 5) is 23.8. The third-order valence-corrected chi connectivity index (χ3v) is 6.65. The summed E-state index contributed by atoms with van der Waals surface area (Å²) in [6, 6.07) is 0. The van der Waals surface area contributed by atoms with Gasteiger partial charge in [0.15, 0.2) is 5.78 Å². The second kappa shape index (κ2) is 4.43. The molecule has 4 aliphatic rings. The first kappa shape index (κ1) is 15.3. The molecular formula is C17H22O6. The van der Waals surface area contributed by atoms with Crippen LogP contribution >= 0.6 is 0 Å². The number of epoxide rings is 1. The largest absolute Gasteiger partial charge is 0.460 e. The molecule has 23 heavy (non-hydrogen) atoms. The minimum absolute atomic E-state index is 0.0327. The molecule has 0 aromatic heterocycles. The van der Waals surface area contributed by atoms with Crippen LogP contribution in [0.2, 0.25) is 0 Å². The van der Waals surface area contributed by atoms with Gasteiger partial charge in [-0.1, -0.05) is 6.92 Å². The van der Waals surface area contributed by atoms with E-state index < -0.39 is 22.5 Å². The van der Waals surface area contributed by atoms with Gasteiger partial charge in [0.1, 0.15) is 17.8 Å². The van der Waals surface area contributed by atoms with E-state index in [-0.39, 0.29) is 37.0 Å². The molecule has 0 radical (unpaired) electrons. The number of allylic oxidation sites excluding steroid dienone is 1. The lowest BCUT2D eigenvalue weighted by atomic mass is 9.52. The molecule has 1 N–H and O–H groups in total. The van der Waals surface area contributed by atoms with E-state index in [0.717, 1.165) is 0 Å². The first-order valence-corrected chi connectivity index (χ1v) is 8.09. The molecule has 6 unspecified atom stereocenters. The van der Waals surface area contributed by atoms with Crippen molar-refractivity contribution in [3.63, 3.8) is 0 Å². The summed E-state index contributed by atoms with van der Waals surface area (Å²) in [6.45, 7) is 5.56. The van der Waals surface area contributed by atoms with E-state index in [1.807, 2.05) is 13.0 Å². The van der Waals surface area contributed by atoms with Gasteiger partial charge in [-0.05, 0) is 25.0 Å². The van der Waals surface area contributed by atoms with Gasteiger partial charge in [0.05, 0.1) is 19.3 Å². The van der Waals surface area contributed by atoms with E-state index >= 15 is 0 Å². The summed E-state index contributed by atoms with van der Waals surface area (Å²) in [6.07, 6.45) is 1.47. The lowest BCUT2D eigenvalue weighted by Crippen LogP contribution is -2.65. The second-order valence-electron chi connectivity index (χ2n) is 7.60. The summed E-state index contributed by atoms with van der Waals surface area (Å²) in [5.74, 6) is -0.320. The highest BCUT2D eigenvalue weighted by Gasteiger charge is 2.82. The van der Waals surface area contributed by atoms with Gasteiger partial charge in [-0.25, -0.2) is 0 Å². The van der Waals surface area contributed by atoms with E-state index in [9.17, 15) is 14.7 Å². The monoisotopic (exact) mass is 322 g/mol. The van der Waals surface area contributed by atoms with Crippen LogP contribution in [0.25, 0.3) is 0 Å². The van der Waals surface area contributed by atoms with Crippen molar-refractivity contribution in [3.05, 3.63) is 11.6 Å². The number of hydrogen-bond donors (Lipinski definition) is 1. The van der Waals surface area contributed by atoms with Crippen molar-refractivity contribution in [3.8, 4) is 0 Å². The zero-order chi connectivity index (χ0) is 16.6. The van der Waals surface area contributed by atoms with Gasteiger partial charge in [0, 0.05) is 24.2 Å². The number of aliphatic hydroxyl groups is 1. The highest BCUT2D eigenvalue weighted by Crippen LogP contribution is 2.71. The molecule has 3 fully saturated rings. The Balaban J connectivity index is 1.83. The number of rotatable bonds is 2. The van der Waals surface area contributed by atoms with E-state index in [1.54, 1.807) is 6.92 Å². The van der Waals surface area contributed by atoms with Crippen LogP contribution in [0, 0.1) is 10.8 Å². The van der Waals surface area contributed by atoms with Crippen molar-refractivity contribution in [1.29, 1.82) is 0 Å². The number of ketones is 1. The molecule has 2 aliphatic carbocycles. The fourth-order valence-electron chi connectivity index (χ4n) is 5.16. The standard InChI is InChI=1S/C17H22O6/c1-9-4-13-16(7-18,5-11(9)20)15(3)6-12(22-10(2)19)14(23-13)17(15)8-21-17/h4,12-14,18H,5-8H2,1-3H3. The number of fused-ring (bicyclic) bond motifs is 2. The number of ether oxygens (including phenoxy) is 3. The van der Waals surface area contributed by atoms with Crippen LogP contribution in [-0.2, 0) is 23.8 Å². The Morgan fingerprint density at radius 3 is 2.78 bits per heavy atom. The van der Waals surface area contributed by atoms with Crippen LogP contribution in [0.15, 0.2) is 11.6 Å². The van der Waals surface area contributed by atoms with Gasteiger partial charge in [-0.2, -0.15) is 0 Å². The Morgan fingerprint density at radius 1 is 1.52 bits per heavy atom. The SMILES string of the molecule is CC(=O)OC1CC2(C)C3(CO)CC(=O)C(C)=CC3OC1C21CO1. The molecule has 6 nitrogen and oxygen atoms in total. The van der Waals surface area contributed by atoms with Gasteiger partial charge in [0.25, 0.3) is 0 Å². The van der Waals surface area contributed by atoms with Crippen LogP contribution < -0.4 is 0 Å². The van der Waals surface area contributed by atoms with Crippen LogP contribution in [0.4, 0.5) is 0 Å². The Morgan fingerprint density at radius 2 is 2.22 bits per heavy atom. The maximum absolute atomic E-state index is 12.4. The quantitative estimate of drug-likeness (QED) is 0.597. The average molecular weight is 322 g/mol. The van der Waals surface area contributed by atoms with Crippen molar-refractivity contribution >= 4 is 11.8 Å². The molecule has 6 heteroatoms.